The third-order valence-electron chi connectivity index (χ3n) is 5.61. The molecule has 1 aromatic carbocycles. The molecular formula is C21H31N3O2S. The zero-order valence-corrected chi connectivity index (χ0v) is 17.7. The van der Waals surface area contributed by atoms with E-state index in [0.717, 1.165) is 42.0 Å². The summed E-state index contributed by atoms with van der Waals surface area (Å²) in [6.45, 7) is 10.4. The topological polar surface area (TPSA) is 52.7 Å². The van der Waals surface area contributed by atoms with Crippen LogP contribution in [-0.2, 0) is 4.79 Å². The van der Waals surface area contributed by atoms with E-state index in [1.807, 2.05) is 48.7 Å². The van der Waals surface area contributed by atoms with Crippen LogP contribution in [0.15, 0.2) is 18.2 Å². The smallest absolute Gasteiger partial charge is 0.321 e. The van der Waals surface area contributed by atoms with Crippen molar-refractivity contribution in [2.45, 2.75) is 51.8 Å². The van der Waals surface area contributed by atoms with Gasteiger partial charge in [-0.05, 0) is 43.7 Å². The molecule has 148 valence electrons. The molecule has 2 fully saturated rings. The first kappa shape index (κ1) is 20.1. The number of anilines is 1. The van der Waals surface area contributed by atoms with Crippen LogP contribution in [0.1, 0.15) is 44.2 Å². The number of amides is 3. The lowest BCUT2D eigenvalue weighted by atomic mass is 10.0. The highest BCUT2D eigenvalue weighted by Gasteiger charge is 2.46. The van der Waals surface area contributed by atoms with Crippen molar-refractivity contribution < 1.29 is 9.59 Å². The minimum atomic E-state index is -0.110. The van der Waals surface area contributed by atoms with E-state index in [4.69, 9.17) is 0 Å². The number of likely N-dealkylation sites (tertiary alicyclic amines) is 1. The molecule has 2 saturated heterocycles. The quantitative estimate of drug-likeness (QED) is 0.841. The first-order valence-corrected chi connectivity index (χ1v) is 10.9. The van der Waals surface area contributed by atoms with Crippen LogP contribution in [0, 0.1) is 19.8 Å². The third kappa shape index (κ3) is 4.26. The van der Waals surface area contributed by atoms with Crippen molar-refractivity contribution in [3.05, 3.63) is 29.3 Å². The molecule has 5 nitrogen and oxygen atoms in total. The Kier molecular flexibility index (Phi) is 6.04. The third-order valence-corrected chi connectivity index (χ3v) is 7.16. The second kappa shape index (κ2) is 8.13. The van der Waals surface area contributed by atoms with Gasteiger partial charge in [0.1, 0.15) is 0 Å². The average molecular weight is 390 g/mol. The number of carbonyl (C=O) groups excluding carboxylic acids is 2. The molecule has 1 aromatic rings. The molecule has 0 saturated carbocycles. The van der Waals surface area contributed by atoms with Crippen LogP contribution in [0.3, 0.4) is 0 Å². The average Bonchev–Trinajstić information content (AvgIpc) is 3.01. The first-order chi connectivity index (χ1) is 12.8. The molecule has 0 aromatic heterocycles. The van der Waals surface area contributed by atoms with Gasteiger partial charge in [-0.1, -0.05) is 32.0 Å². The fraction of sp³-hybridized carbons (Fsp3) is 0.619. The van der Waals surface area contributed by atoms with Gasteiger partial charge in [-0.25, -0.2) is 4.79 Å². The second-order valence-corrected chi connectivity index (χ2v) is 9.58. The first-order valence-electron chi connectivity index (χ1n) is 9.89. The van der Waals surface area contributed by atoms with E-state index in [1.165, 1.54) is 0 Å². The number of hydrogen-bond donors (Lipinski definition) is 1. The second-order valence-electron chi connectivity index (χ2n) is 8.12. The molecule has 27 heavy (non-hydrogen) atoms. The maximum absolute atomic E-state index is 12.8. The van der Waals surface area contributed by atoms with Crippen LogP contribution in [0.25, 0.3) is 0 Å². The molecule has 0 bridgehead atoms. The van der Waals surface area contributed by atoms with Crippen LogP contribution >= 0.6 is 11.8 Å². The zero-order chi connectivity index (χ0) is 19.6. The number of piperidine rings is 1. The van der Waals surface area contributed by atoms with Crippen molar-refractivity contribution in [1.82, 2.24) is 9.80 Å². The molecule has 2 heterocycles. The summed E-state index contributed by atoms with van der Waals surface area (Å²) in [5.41, 5.74) is 3.06. The van der Waals surface area contributed by atoms with Crippen molar-refractivity contribution in [2.24, 2.45) is 5.92 Å². The van der Waals surface area contributed by atoms with E-state index in [1.54, 1.807) is 0 Å². The van der Waals surface area contributed by atoms with Gasteiger partial charge in [-0.15, -0.1) is 11.8 Å². The Labute approximate surface area is 166 Å². The number of nitrogens with one attached hydrogen (secondary N) is 1. The fourth-order valence-electron chi connectivity index (χ4n) is 4.09. The lowest BCUT2D eigenvalue weighted by Gasteiger charge is -2.44. The number of thioether (sulfide) groups is 1. The molecule has 3 rings (SSSR count). The van der Waals surface area contributed by atoms with Crippen molar-refractivity contribution in [1.29, 1.82) is 0 Å². The van der Waals surface area contributed by atoms with Gasteiger partial charge in [0.15, 0.2) is 0 Å². The van der Waals surface area contributed by atoms with Crippen molar-refractivity contribution in [3.63, 3.8) is 0 Å². The van der Waals surface area contributed by atoms with Gasteiger partial charge in [0, 0.05) is 37.5 Å². The molecule has 0 radical (unpaired) electrons. The van der Waals surface area contributed by atoms with Crippen LogP contribution < -0.4 is 5.32 Å². The van der Waals surface area contributed by atoms with Crippen molar-refractivity contribution in [3.8, 4) is 0 Å². The maximum Gasteiger partial charge on any atom is 0.321 e. The van der Waals surface area contributed by atoms with Gasteiger partial charge in [0.05, 0.1) is 4.87 Å². The molecule has 0 aliphatic carbocycles. The highest BCUT2D eigenvalue weighted by Crippen LogP contribution is 2.44. The SMILES string of the molecule is Cc1cccc(C)c1NC(=O)N1CCC2(CC1)SCCN2C(=O)CC(C)C. The summed E-state index contributed by atoms with van der Waals surface area (Å²) in [4.78, 5) is 29.3. The summed E-state index contributed by atoms with van der Waals surface area (Å²) in [5, 5.41) is 3.09. The van der Waals surface area contributed by atoms with E-state index in [0.29, 0.717) is 25.4 Å². The van der Waals surface area contributed by atoms with Gasteiger partial charge in [-0.2, -0.15) is 0 Å². The van der Waals surface area contributed by atoms with Gasteiger partial charge in [0.2, 0.25) is 5.91 Å². The number of carbonyl (C=O) groups is 2. The fourth-order valence-corrected chi connectivity index (χ4v) is 5.57. The van der Waals surface area contributed by atoms with Crippen molar-refractivity contribution >= 4 is 29.4 Å². The number of para-hydroxylation sites is 1. The Morgan fingerprint density at radius 1 is 1.15 bits per heavy atom. The normalized spacial score (nSPS) is 19.0. The molecule has 3 amide bonds. The maximum atomic E-state index is 12.8. The zero-order valence-electron chi connectivity index (χ0n) is 16.9. The van der Waals surface area contributed by atoms with E-state index in [2.05, 4.69) is 24.1 Å². The molecule has 1 spiro atoms. The summed E-state index contributed by atoms with van der Waals surface area (Å²) in [7, 11) is 0. The molecule has 0 unspecified atom stereocenters. The highest BCUT2D eigenvalue weighted by molar-refractivity contribution is 8.00. The van der Waals surface area contributed by atoms with Gasteiger partial charge in [0.25, 0.3) is 0 Å². The summed E-state index contributed by atoms with van der Waals surface area (Å²) < 4.78 is 0. The Balaban J connectivity index is 1.62. The summed E-state index contributed by atoms with van der Waals surface area (Å²) >= 11 is 1.90. The summed E-state index contributed by atoms with van der Waals surface area (Å²) in [6, 6.07) is 6.00. The minimum Gasteiger partial charge on any atom is -0.327 e. The summed E-state index contributed by atoms with van der Waals surface area (Å²) in [6.07, 6.45) is 2.31. The number of rotatable bonds is 3. The largest absolute Gasteiger partial charge is 0.327 e. The van der Waals surface area contributed by atoms with Crippen LogP contribution in [-0.4, -0.2) is 52.0 Å². The van der Waals surface area contributed by atoms with E-state index in [-0.39, 0.29) is 16.8 Å². The molecule has 2 aliphatic heterocycles. The number of urea groups is 1. The predicted octanol–water partition coefficient (Wildman–Crippen LogP) is 4.25. The molecular weight excluding hydrogens is 358 g/mol. The molecule has 1 N–H and O–H groups in total. The van der Waals surface area contributed by atoms with Crippen LogP contribution in [0.4, 0.5) is 10.5 Å². The number of benzene rings is 1. The summed E-state index contributed by atoms with van der Waals surface area (Å²) in [5.74, 6) is 1.64. The number of aryl methyl sites for hydroxylation is 2. The lowest BCUT2D eigenvalue weighted by Crippen LogP contribution is -2.54. The number of nitrogens with zero attached hydrogens (tertiary/aromatic N) is 2. The Morgan fingerprint density at radius 2 is 1.78 bits per heavy atom. The molecule has 0 atom stereocenters. The highest BCUT2D eigenvalue weighted by atomic mass is 32.2. The minimum absolute atomic E-state index is 0.0368. The van der Waals surface area contributed by atoms with Gasteiger partial charge >= 0.3 is 6.03 Å². The standard InChI is InChI=1S/C21H31N3O2S/c1-15(2)14-18(25)24-12-13-27-21(24)8-10-23(11-9-21)20(26)22-19-16(3)6-5-7-17(19)4/h5-7,15H,8-14H2,1-4H3,(H,22,26). The predicted molar refractivity (Wildman–Crippen MR) is 112 cm³/mol. The van der Waals surface area contributed by atoms with E-state index < -0.39 is 0 Å². The molecule has 6 heteroatoms. The van der Waals surface area contributed by atoms with Crippen LogP contribution in [0.2, 0.25) is 0 Å². The molecule has 2 aliphatic rings. The number of hydrogen-bond acceptors (Lipinski definition) is 3. The Hall–Kier alpha value is -1.69. The Morgan fingerprint density at radius 3 is 2.37 bits per heavy atom. The van der Waals surface area contributed by atoms with Crippen molar-refractivity contribution in [2.75, 3.05) is 30.7 Å². The van der Waals surface area contributed by atoms with Gasteiger partial charge in [-0.3, -0.25) is 4.79 Å². The lowest BCUT2D eigenvalue weighted by molar-refractivity contribution is -0.135. The monoisotopic (exact) mass is 389 g/mol. The Bertz CT molecular complexity index is 691. The van der Waals surface area contributed by atoms with Gasteiger partial charge < -0.3 is 15.1 Å². The van der Waals surface area contributed by atoms with E-state index in [9.17, 15) is 9.59 Å². The van der Waals surface area contributed by atoms with Crippen LogP contribution in [0.5, 0.6) is 0 Å². The van der Waals surface area contributed by atoms with E-state index >= 15 is 0 Å².